The van der Waals surface area contributed by atoms with Crippen molar-refractivity contribution < 1.29 is 4.39 Å². The van der Waals surface area contributed by atoms with Gasteiger partial charge < -0.3 is 5.32 Å². The van der Waals surface area contributed by atoms with Crippen molar-refractivity contribution in [3.05, 3.63) is 62.8 Å². The molecule has 0 bridgehead atoms. The molecule has 0 saturated carbocycles. The van der Waals surface area contributed by atoms with Crippen molar-refractivity contribution in [3.63, 3.8) is 0 Å². The standard InChI is InChI=1S/C14H9BrClFN2/c15-13-3-2-12(17)6-10(13)8-19-14-4-1-11(16)5-9(14)7-18/h1-6,19H,8H2. The van der Waals surface area contributed by atoms with Gasteiger partial charge in [-0.25, -0.2) is 4.39 Å². The first-order valence-corrected chi connectivity index (χ1v) is 6.64. The molecule has 2 nitrogen and oxygen atoms in total. The number of benzene rings is 2. The van der Waals surface area contributed by atoms with Gasteiger partial charge in [0.1, 0.15) is 11.9 Å². The van der Waals surface area contributed by atoms with Crippen LogP contribution in [0.2, 0.25) is 5.02 Å². The second-order valence-electron chi connectivity index (χ2n) is 3.89. The first-order chi connectivity index (χ1) is 9.10. The van der Waals surface area contributed by atoms with Crippen LogP contribution >= 0.6 is 27.5 Å². The highest BCUT2D eigenvalue weighted by molar-refractivity contribution is 9.10. The molecule has 0 fully saturated rings. The minimum absolute atomic E-state index is 0.295. The average Bonchev–Trinajstić information content (AvgIpc) is 2.40. The van der Waals surface area contributed by atoms with Gasteiger partial charge in [-0.3, -0.25) is 0 Å². The second-order valence-corrected chi connectivity index (χ2v) is 5.18. The Bertz CT molecular complexity index is 652. The number of hydrogen-bond acceptors (Lipinski definition) is 2. The molecule has 0 aliphatic rings. The van der Waals surface area contributed by atoms with E-state index in [-0.39, 0.29) is 5.82 Å². The Balaban J connectivity index is 2.19. The fourth-order valence-corrected chi connectivity index (χ4v) is 2.19. The van der Waals surface area contributed by atoms with Crippen molar-refractivity contribution in [3.8, 4) is 6.07 Å². The van der Waals surface area contributed by atoms with E-state index >= 15 is 0 Å². The third-order valence-electron chi connectivity index (χ3n) is 2.58. The molecule has 0 heterocycles. The maximum absolute atomic E-state index is 13.2. The third-order valence-corrected chi connectivity index (χ3v) is 3.59. The molecule has 0 atom stereocenters. The van der Waals surface area contributed by atoms with E-state index < -0.39 is 0 Å². The van der Waals surface area contributed by atoms with Gasteiger partial charge in [-0.1, -0.05) is 27.5 Å². The summed E-state index contributed by atoms with van der Waals surface area (Å²) in [4.78, 5) is 0. The predicted octanol–water partition coefficient (Wildman–Crippen LogP) is 4.73. The zero-order valence-corrected chi connectivity index (χ0v) is 12.1. The molecular formula is C14H9BrClFN2. The maximum atomic E-state index is 13.2. The normalized spacial score (nSPS) is 10.0. The van der Waals surface area contributed by atoms with Crippen LogP contribution in [0.5, 0.6) is 0 Å². The molecule has 96 valence electrons. The number of hydrogen-bond donors (Lipinski definition) is 1. The highest BCUT2D eigenvalue weighted by Crippen LogP contribution is 2.23. The number of anilines is 1. The first kappa shape index (κ1) is 13.9. The van der Waals surface area contributed by atoms with Gasteiger partial charge in [-0.2, -0.15) is 5.26 Å². The van der Waals surface area contributed by atoms with Crippen LogP contribution in [0.15, 0.2) is 40.9 Å². The van der Waals surface area contributed by atoms with Crippen molar-refractivity contribution >= 4 is 33.2 Å². The van der Waals surface area contributed by atoms with Gasteiger partial charge in [0.05, 0.1) is 11.3 Å². The fraction of sp³-hybridized carbons (Fsp3) is 0.0714. The monoisotopic (exact) mass is 338 g/mol. The lowest BCUT2D eigenvalue weighted by Crippen LogP contribution is -2.02. The molecule has 2 aromatic carbocycles. The molecule has 0 saturated heterocycles. The molecule has 0 aromatic heterocycles. The van der Waals surface area contributed by atoms with Gasteiger partial charge >= 0.3 is 0 Å². The average molecular weight is 340 g/mol. The molecule has 2 rings (SSSR count). The van der Waals surface area contributed by atoms with E-state index in [9.17, 15) is 4.39 Å². The molecule has 0 aliphatic carbocycles. The van der Waals surface area contributed by atoms with Gasteiger partial charge in [0, 0.05) is 16.0 Å². The quantitative estimate of drug-likeness (QED) is 0.878. The Morgan fingerprint density at radius 1 is 1.26 bits per heavy atom. The maximum Gasteiger partial charge on any atom is 0.123 e. The van der Waals surface area contributed by atoms with Gasteiger partial charge in [-0.15, -0.1) is 0 Å². The molecule has 0 unspecified atom stereocenters. The Morgan fingerprint density at radius 2 is 2.05 bits per heavy atom. The Kier molecular flexibility index (Phi) is 4.41. The fourth-order valence-electron chi connectivity index (χ4n) is 1.63. The summed E-state index contributed by atoms with van der Waals surface area (Å²) in [5, 5.41) is 12.6. The Hall–Kier alpha value is -1.57. The molecule has 19 heavy (non-hydrogen) atoms. The zero-order valence-electron chi connectivity index (χ0n) is 9.75. The zero-order chi connectivity index (χ0) is 13.8. The van der Waals surface area contributed by atoms with E-state index in [2.05, 4.69) is 27.3 Å². The molecule has 1 N–H and O–H groups in total. The minimum Gasteiger partial charge on any atom is -0.380 e. The van der Waals surface area contributed by atoms with Crippen LogP contribution in [0.3, 0.4) is 0 Å². The summed E-state index contributed by atoms with van der Waals surface area (Å²) in [6, 6.07) is 11.6. The molecule has 0 amide bonds. The van der Waals surface area contributed by atoms with Crippen molar-refractivity contribution in [2.45, 2.75) is 6.54 Å². The SMILES string of the molecule is N#Cc1cc(Cl)ccc1NCc1cc(F)ccc1Br. The van der Waals surface area contributed by atoms with Gasteiger partial charge in [0.25, 0.3) is 0 Å². The van der Waals surface area contributed by atoms with Crippen LogP contribution in [0, 0.1) is 17.1 Å². The van der Waals surface area contributed by atoms with Crippen molar-refractivity contribution in [2.75, 3.05) is 5.32 Å². The molecular weight excluding hydrogens is 331 g/mol. The number of rotatable bonds is 3. The van der Waals surface area contributed by atoms with Crippen LogP contribution in [0.25, 0.3) is 0 Å². The van der Waals surface area contributed by atoms with Crippen molar-refractivity contribution in [2.24, 2.45) is 0 Å². The Morgan fingerprint density at radius 3 is 2.79 bits per heavy atom. The minimum atomic E-state index is -0.295. The van der Waals surface area contributed by atoms with Crippen LogP contribution in [0.1, 0.15) is 11.1 Å². The summed E-state index contributed by atoms with van der Waals surface area (Å²) in [7, 11) is 0. The van der Waals surface area contributed by atoms with E-state index in [1.54, 1.807) is 24.3 Å². The van der Waals surface area contributed by atoms with E-state index in [1.807, 2.05) is 0 Å². The molecule has 2 aromatic rings. The lowest BCUT2D eigenvalue weighted by atomic mass is 10.1. The van der Waals surface area contributed by atoms with Crippen LogP contribution in [0.4, 0.5) is 10.1 Å². The van der Waals surface area contributed by atoms with Crippen LogP contribution in [-0.2, 0) is 6.54 Å². The lowest BCUT2D eigenvalue weighted by Gasteiger charge is -2.10. The summed E-state index contributed by atoms with van der Waals surface area (Å²) in [6.45, 7) is 0.411. The lowest BCUT2D eigenvalue weighted by molar-refractivity contribution is 0.625. The van der Waals surface area contributed by atoms with Crippen molar-refractivity contribution in [1.82, 2.24) is 0 Å². The van der Waals surface area contributed by atoms with E-state index in [4.69, 9.17) is 16.9 Å². The number of nitriles is 1. The van der Waals surface area contributed by atoms with Gasteiger partial charge in [0.15, 0.2) is 0 Å². The summed E-state index contributed by atoms with van der Waals surface area (Å²) < 4.78 is 14.0. The van der Waals surface area contributed by atoms with E-state index in [1.165, 1.54) is 12.1 Å². The van der Waals surface area contributed by atoms with E-state index in [0.717, 1.165) is 10.0 Å². The van der Waals surface area contributed by atoms with Crippen LogP contribution < -0.4 is 5.32 Å². The van der Waals surface area contributed by atoms with Crippen LogP contribution in [-0.4, -0.2) is 0 Å². The third kappa shape index (κ3) is 3.46. The molecule has 0 spiro atoms. The van der Waals surface area contributed by atoms with Crippen molar-refractivity contribution in [1.29, 1.82) is 5.26 Å². The number of nitrogens with zero attached hydrogens (tertiary/aromatic N) is 1. The number of halogens is 3. The largest absolute Gasteiger partial charge is 0.380 e. The summed E-state index contributed by atoms with van der Waals surface area (Å²) in [5.74, 6) is -0.295. The second kappa shape index (κ2) is 6.05. The Labute approximate surface area is 123 Å². The smallest absolute Gasteiger partial charge is 0.123 e. The van der Waals surface area contributed by atoms with Gasteiger partial charge in [-0.05, 0) is 42.0 Å². The molecule has 0 radical (unpaired) electrons. The summed E-state index contributed by atoms with van der Waals surface area (Å²) in [6.07, 6.45) is 0. The number of nitrogens with one attached hydrogen (secondary N) is 1. The molecule has 0 aliphatic heterocycles. The predicted molar refractivity (Wildman–Crippen MR) is 77.6 cm³/mol. The van der Waals surface area contributed by atoms with Gasteiger partial charge in [0.2, 0.25) is 0 Å². The first-order valence-electron chi connectivity index (χ1n) is 5.47. The van der Waals surface area contributed by atoms with E-state index in [0.29, 0.717) is 22.8 Å². The summed E-state index contributed by atoms with van der Waals surface area (Å²) in [5.41, 5.74) is 1.90. The molecule has 5 heteroatoms. The highest BCUT2D eigenvalue weighted by atomic mass is 79.9. The highest BCUT2D eigenvalue weighted by Gasteiger charge is 2.05. The summed E-state index contributed by atoms with van der Waals surface area (Å²) >= 11 is 9.18. The topological polar surface area (TPSA) is 35.8 Å².